The van der Waals surface area contributed by atoms with Crippen molar-refractivity contribution in [2.45, 2.75) is 0 Å². The van der Waals surface area contributed by atoms with E-state index in [4.69, 9.17) is 4.42 Å². The summed E-state index contributed by atoms with van der Waals surface area (Å²) in [5.74, 6) is 0. The van der Waals surface area contributed by atoms with Crippen molar-refractivity contribution in [1.29, 1.82) is 0 Å². The number of hydrogen-bond donors (Lipinski definition) is 0. The van der Waals surface area contributed by atoms with Crippen LogP contribution in [0.1, 0.15) is 0 Å². The van der Waals surface area contributed by atoms with Gasteiger partial charge in [0.15, 0.2) is 5.58 Å². The molecule has 168 valence electrons. The minimum absolute atomic E-state index is 0.976. The van der Waals surface area contributed by atoms with Crippen LogP contribution in [0.3, 0.4) is 0 Å². The number of fused-ring (bicyclic) bond motifs is 7. The molecular weight excluding hydrogens is 456 g/mol. The Balaban J connectivity index is 1.52. The first-order valence-corrected chi connectivity index (χ1v) is 13.0. The highest BCUT2D eigenvalue weighted by molar-refractivity contribution is 7.26. The maximum atomic E-state index is 6.37. The summed E-state index contributed by atoms with van der Waals surface area (Å²) in [6.07, 6.45) is 1.96. The Morgan fingerprint density at radius 2 is 1.00 bits per heavy atom. The lowest BCUT2D eigenvalue weighted by Gasteiger charge is -2.17. The van der Waals surface area contributed by atoms with E-state index >= 15 is 0 Å². The Morgan fingerprint density at radius 1 is 0.444 bits per heavy atom. The predicted molar refractivity (Wildman–Crippen MR) is 155 cm³/mol. The van der Waals surface area contributed by atoms with Crippen molar-refractivity contribution in [2.75, 3.05) is 0 Å². The first kappa shape index (κ1) is 19.9. The van der Waals surface area contributed by atoms with Crippen LogP contribution in [-0.4, -0.2) is 0 Å². The molecule has 0 unspecified atom stereocenters. The maximum Gasteiger partial charge on any atom is 0.152 e. The lowest BCUT2D eigenvalue weighted by atomic mass is 9.86. The van der Waals surface area contributed by atoms with Gasteiger partial charge in [-0.1, -0.05) is 103 Å². The summed E-state index contributed by atoms with van der Waals surface area (Å²) in [6.45, 7) is 0. The molecule has 2 aromatic heterocycles. The van der Waals surface area contributed by atoms with Crippen LogP contribution in [0.2, 0.25) is 0 Å². The van der Waals surface area contributed by atoms with E-state index in [0.717, 1.165) is 16.5 Å². The van der Waals surface area contributed by atoms with Crippen molar-refractivity contribution in [1.82, 2.24) is 0 Å². The highest BCUT2D eigenvalue weighted by atomic mass is 32.1. The normalized spacial score (nSPS) is 11.9. The van der Waals surface area contributed by atoms with Crippen LogP contribution in [0.4, 0.5) is 0 Å². The van der Waals surface area contributed by atoms with E-state index in [2.05, 4.69) is 115 Å². The lowest BCUT2D eigenvalue weighted by Crippen LogP contribution is -1.90. The van der Waals surface area contributed by atoms with E-state index in [1.54, 1.807) is 0 Å². The Labute approximate surface area is 211 Å². The van der Waals surface area contributed by atoms with Crippen molar-refractivity contribution >= 4 is 64.0 Å². The summed E-state index contributed by atoms with van der Waals surface area (Å²) in [5, 5.41) is 8.73. The van der Waals surface area contributed by atoms with Crippen molar-refractivity contribution < 1.29 is 4.42 Å². The highest BCUT2D eigenvalue weighted by Crippen LogP contribution is 2.47. The summed E-state index contributed by atoms with van der Waals surface area (Å²) < 4.78 is 8.88. The number of thiophene rings is 1. The molecule has 0 radical (unpaired) electrons. The number of furan rings is 1. The second kappa shape index (κ2) is 7.55. The molecule has 2 heterocycles. The average Bonchev–Trinajstić information content (AvgIpc) is 3.54. The third-order valence-electron chi connectivity index (χ3n) is 7.35. The second-order valence-corrected chi connectivity index (χ2v) is 10.3. The first-order valence-electron chi connectivity index (χ1n) is 12.2. The first-order chi connectivity index (χ1) is 17.9. The predicted octanol–water partition coefficient (Wildman–Crippen LogP) is 10.4. The van der Waals surface area contributed by atoms with Gasteiger partial charge in [0.1, 0.15) is 0 Å². The molecule has 8 aromatic rings. The van der Waals surface area contributed by atoms with Gasteiger partial charge in [-0.3, -0.25) is 0 Å². The fraction of sp³-hybridized carbons (Fsp3) is 0. The average molecular weight is 477 g/mol. The molecular formula is C34H20OS. The second-order valence-electron chi connectivity index (χ2n) is 9.27. The third-order valence-corrected chi connectivity index (χ3v) is 8.53. The molecule has 36 heavy (non-hydrogen) atoms. The van der Waals surface area contributed by atoms with E-state index in [-0.39, 0.29) is 0 Å². The lowest BCUT2D eigenvalue weighted by molar-refractivity contribution is 0.621. The minimum Gasteiger partial charge on any atom is -0.462 e. The van der Waals surface area contributed by atoms with Crippen LogP contribution >= 0.6 is 11.3 Å². The maximum absolute atomic E-state index is 6.37. The van der Waals surface area contributed by atoms with Gasteiger partial charge in [0.05, 0.1) is 11.0 Å². The Hall–Kier alpha value is -4.40. The number of hydrogen-bond acceptors (Lipinski definition) is 2. The SMILES string of the molecule is c1ccc(-c2c3ccccc3c(-c3coc4c3ccc3c5ccccc5sc34)c3ccccc23)cc1. The van der Waals surface area contributed by atoms with Gasteiger partial charge in [-0.25, -0.2) is 0 Å². The van der Waals surface area contributed by atoms with E-state index in [9.17, 15) is 0 Å². The van der Waals surface area contributed by atoms with E-state index < -0.39 is 0 Å². The van der Waals surface area contributed by atoms with Crippen LogP contribution < -0.4 is 0 Å². The zero-order valence-electron chi connectivity index (χ0n) is 19.4. The molecule has 6 aromatic carbocycles. The third kappa shape index (κ3) is 2.71. The summed E-state index contributed by atoms with van der Waals surface area (Å²) in [7, 11) is 0. The van der Waals surface area contributed by atoms with Gasteiger partial charge in [0.2, 0.25) is 0 Å². The fourth-order valence-electron chi connectivity index (χ4n) is 5.80. The summed E-state index contributed by atoms with van der Waals surface area (Å²) in [4.78, 5) is 0. The monoisotopic (exact) mass is 476 g/mol. The molecule has 0 atom stereocenters. The standard InChI is InChI=1S/C34H20OS/c1-2-10-21(11-3-1)31-23-13-4-6-15-25(23)32(26-16-7-5-14-24(26)31)29-20-35-33-27(29)18-19-28-22-12-8-9-17-30(22)36-34(28)33/h1-20H. The Morgan fingerprint density at radius 3 is 1.69 bits per heavy atom. The molecule has 0 N–H and O–H groups in total. The van der Waals surface area contributed by atoms with E-state index in [1.807, 2.05) is 17.6 Å². The number of benzene rings is 6. The molecule has 0 bridgehead atoms. The molecule has 0 spiro atoms. The molecule has 2 heteroatoms. The Kier molecular flexibility index (Phi) is 4.16. The molecule has 0 aliphatic heterocycles. The molecule has 0 saturated heterocycles. The van der Waals surface area contributed by atoms with Crippen LogP contribution in [0.15, 0.2) is 126 Å². The quantitative estimate of drug-likeness (QED) is 0.226. The van der Waals surface area contributed by atoms with Gasteiger partial charge in [0, 0.05) is 32.0 Å². The van der Waals surface area contributed by atoms with Crippen LogP contribution in [0.5, 0.6) is 0 Å². The molecule has 0 aliphatic rings. The van der Waals surface area contributed by atoms with Gasteiger partial charge in [-0.2, -0.15) is 0 Å². The van der Waals surface area contributed by atoms with Crippen LogP contribution in [-0.2, 0) is 0 Å². The molecule has 0 fully saturated rings. The summed E-state index contributed by atoms with van der Waals surface area (Å²) in [5.41, 5.74) is 5.88. The number of rotatable bonds is 2. The minimum atomic E-state index is 0.976. The van der Waals surface area contributed by atoms with Gasteiger partial charge >= 0.3 is 0 Å². The highest BCUT2D eigenvalue weighted by Gasteiger charge is 2.20. The molecule has 0 aliphatic carbocycles. The van der Waals surface area contributed by atoms with Crippen LogP contribution in [0.25, 0.3) is 74.9 Å². The molecule has 8 rings (SSSR count). The largest absolute Gasteiger partial charge is 0.462 e. The smallest absolute Gasteiger partial charge is 0.152 e. The van der Waals surface area contributed by atoms with Crippen molar-refractivity contribution in [2.24, 2.45) is 0 Å². The zero-order valence-corrected chi connectivity index (χ0v) is 20.2. The summed E-state index contributed by atoms with van der Waals surface area (Å²) >= 11 is 1.81. The van der Waals surface area contributed by atoms with Gasteiger partial charge in [-0.05, 0) is 44.8 Å². The van der Waals surface area contributed by atoms with Crippen LogP contribution in [0, 0.1) is 0 Å². The van der Waals surface area contributed by atoms with E-state index in [0.29, 0.717) is 0 Å². The molecule has 1 nitrogen and oxygen atoms in total. The molecule has 0 amide bonds. The van der Waals surface area contributed by atoms with Crippen molar-refractivity contribution in [3.63, 3.8) is 0 Å². The molecule has 0 saturated carbocycles. The van der Waals surface area contributed by atoms with E-state index in [1.165, 1.54) is 58.4 Å². The van der Waals surface area contributed by atoms with Crippen molar-refractivity contribution in [3.05, 3.63) is 122 Å². The van der Waals surface area contributed by atoms with Crippen molar-refractivity contribution in [3.8, 4) is 22.3 Å². The van der Waals surface area contributed by atoms with Gasteiger partial charge < -0.3 is 4.42 Å². The fourth-order valence-corrected chi connectivity index (χ4v) is 7.00. The topological polar surface area (TPSA) is 13.1 Å². The van der Waals surface area contributed by atoms with Gasteiger partial charge in [0.25, 0.3) is 0 Å². The van der Waals surface area contributed by atoms with Gasteiger partial charge in [-0.15, -0.1) is 11.3 Å². The summed E-state index contributed by atoms with van der Waals surface area (Å²) in [6, 6.07) is 41.4. The Bertz CT molecular complexity index is 2040. The zero-order chi connectivity index (χ0) is 23.6.